The Bertz CT molecular complexity index is 132. The summed E-state index contributed by atoms with van der Waals surface area (Å²) in [6, 6.07) is 0. The lowest BCUT2D eigenvalue weighted by atomic mass is 10.2. The van der Waals surface area contributed by atoms with E-state index in [1.165, 1.54) is 6.92 Å². The van der Waals surface area contributed by atoms with Crippen LogP contribution in [-0.4, -0.2) is 18.9 Å². The zero-order valence-corrected chi connectivity index (χ0v) is 7.47. The Labute approximate surface area is 73.1 Å². The summed E-state index contributed by atoms with van der Waals surface area (Å²) in [6.45, 7) is 1.90. The van der Waals surface area contributed by atoms with Crippen LogP contribution in [0.2, 0.25) is 0 Å². The summed E-state index contributed by atoms with van der Waals surface area (Å²) in [5.74, 6) is -0.226. The minimum atomic E-state index is -0.226. The molecule has 1 radical (unpaired) electrons. The van der Waals surface area contributed by atoms with Crippen LogP contribution in [0.1, 0.15) is 39.0 Å². The van der Waals surface area contributed by atoms with Crippen molar-refractivity contribution in [3.8, 4) is 0 Å². The summed E-state index contributed by atoms with van der Waals surface area (Å²) in [4.78, 5) is 20.1. The van der Waals surface area contributed by atoms with Crippen molar-refractivity contribution in [2.75, 3.05) is 6.61 Å². The lowest BCUT2D eigenvalue weighted by Crippen LogP contribution is -2.00. The Morgan fingerprint density at radius 2 is 1.92 bits per heavy atom. The van der Waals surface area contributed by atoms with Crippen molar-refractivity contribution in [2.45, 2.75) is 39.0 Å². The van der Waals surface area contributed by atoms with Crippen molar-refractivity contribution < 1.29 is 14.3 Å². The molecule has 0 aromatic rings. The number of ether oxygens (including phenoxy) is 1. The number of carbonyl (C=O) groups is 1. The first-order valence-corrected chi connectivity index (χ1v) is 4.25. The maximum absolute atomic E-state index is 10.3. The molecule has 0 saturated heterocycles. The van der Waals surface area contributed by atoms with E-state index in [1.54, 1.807) is 0 Å². The minimum Gasteiger partial charge on any atom is -0.466 e. The van der Waals surface area contributed by atoms with Crippen molar-refractivity contribution >= 4 is 12.3 Å². The summed E-state index contributed by atoms with van der Waals surface area (Å²) in [6.07, 6.45) is 6.16. The van der Waals surface area contributed by atoms with Crippen molar-refractivity contribution in [1.29, 1.82) is 0 Å². The molecule has 0 amide bonds. The average molecular weight is 171 g/mol. The zero-order chi connectivity index (χ0) is 9.23. The topological polar surface area (TPSA) is 43.4 Å². The van der Waals surface area contributed by atoms with Crippen molar-refractivity contribution in [3.05, 3.63) is 0 Å². The van der Waals surface area contributed by atoms with Gasteiger partial charge in [0.25, 0.3) is 0 Å². The Kier molecular flexibility index (Phi) is 7.65. The smallest absolute Gasteiger partial charge is 0.302 e. The quantitative estimate of drug-likeness (QED) is 0.431. The maximum Gasteiger partial charge on any atom is 0.302 e. The molecule has 0 N–H and O–H groups in total. The molecule has 0 aliphatic carbocycles. The summed E-state index contributed by atoms with van der Waals surface area (Å²) >= 11 is 0. The molecule has 0 atom stereocenters. The van der Waals surface area contributed by atoms with Gasteiger partial charge >= 0.3 is 5.97 Å². The average Bonchev–Trinajstić information content (AvgIpc) is 2.02. The number of esters is 1. The van der Waals surface area contributed by atoms with E-state index in [4.69, 9.17) is 4.74 Å². The molecular formula is C9H15O3. The molecule has 0 bridgehead atoms. The molecule has 3 nitrogen and oxygen atoms in total. The normalized spacial score (nSPS) is 9.42. The maximum atomic E-state index is 10.3. The van der Waals surface area contributed by atoms with Gasteiger partial charge in [-0.25, -0.2) is 0 Å². The molecule has 12 heavy (non-hydrogen) atoms. The Morgan fingerprint density at radius 3 is 2.50 bits per heavy atom. The fourth-order valence-corrected chi connectivity index (χ4v) is 0.869. The van der Waals surface area contributed by atoms with Crippen LogP contribution in [0.4, 0.5) is 0 Å². The summed E-state index contributed by atoms with van der Waals surface area (Å²) in [7, 11) is 0. The van der Waals surface area contributed by atoms with Gasteiger partial charge < -0.3 is 4.74 Å². The van der Waals surface area contributed by atoms with Gasteiger partial charge in [-0.3, -0.25) is 9.59 Å². The van der Waals surface area contributed by atoms with Gasteiger partial charge in [0.15, 0.2) is 6.29 Å². The monoisotopic (exact) mass is 171 g/mol. The second-order valence-corrected chi connectivity index (χ2v) is 2.65. The zero-order valence-electron chi connectivity index (χ0n) is 7.47. The third kappa shape index (κ3) is 9.14. The van der Waals surface area contributed by atoms with E-state index in [0.29, 0.717) is 13.0 Å². The van der Waals surface area contributed by atoms with Crippen LogP contribution < -0.4 is 0 Å². The van der Waals surface area contributed by atoms with E-state index in [1.807, 2.05) is 6.29 Å². The molecule has 0 heterocycles. The van der Waals surface area contributed by atoms with Crippen LogP contribution in [0, 0.1) is 0 Å². The van der Waals surface area contributed by atoms with Crippen LogP contribution in [0.5, 0.6) is 0 Å². The third-order valence-corrected chi connectivity index (χ3v) is 1.48. The van der Waals surface area contributed by atoms with Crippen LogP contribution in [-0.2, 0) is 14.3 Å². The van der Waals surface area contributed by atoms with E-state index < -0.39 is 0 Å². The Hall–Kier alpha value is -0.860. The van der Waals surface area contributed by atoms with Gasteiger partial charge in [-0.2, -0.15) is 0 Å². The molecule has 0 aliphatic rings. The molecule has 0 spiro atoms. The fourth-order valence-electron chi connectivity index (χ4n) is 0.869. The highest BCUT2D eigenvalue weighted by molar-refractivity contribution is 5.65. The minimum absolute atomic E-state index is 0.226. The van der Waals surface area contributed by atoms with Gasteiger partial charge in [0.05, 0.1) is 6.61 Å². The Balaban J connectivity index is 2.90. The van der Waals surface area contributed by atoms with Gasteiger partial charge in [-0.05, 0) is 12.8 Å². The molecule has 0 saturated carbocycles. The molecule has 0 unspecified atom stereocenters. The van der Waals surface area contributed by atoms with E-state index in [0.717, 1.165) is 25.7 Å². The van der Waals surface area contributed by atoms with Gasteiger partial charge in [-0.15, -0.1) is 0 Å². The van der Waals surface area contributed by atoms with Gasteiger partial charge in [-0.1, -0.05) is 12.8 Å². The largest absolute Gasteiger partial charge is 0.466 e. The van der Waals surface area contributed by atoms with Crippen molar-refractivity contribution in [3.63, 3.8) is 0 Å². The second-order valence-electron chi connectivity index (χ2n) is 2.65. The fraction of sp³-hybridized carbons (Fsp3) is 0.778. The molecule has 3 heteroatoms. The van der Waals surface area contributed by atoms with Crippen LogP contribution in [0.15, 0.2) is 0 Å². The summed E-state index contributed by atoms with van der Waals surface area (Å²) in [5, 5.41) is 0. The number of carbonyl (C=O) groups excluding carboxylic acids is 2. The lowest BCUT2D eigenvalue weighted by molar-refractivity contribution is -0.141. The van der Waals surface area contributed by atoms with E-state index in [-0.39, 0.29) is 5.97 Å². The van der Waals surface area contributed by atoms with Gasteiger partial charge in [0.1, 0.15) is 0 Å². The molecule has 0 rings (SSSR count). The predicted octanol–water partition coefficient (Wildman–Crippen LogP) is 1.61. The van der Waals surface area contributed by atoms with Crippen LogP contribution in [0.3, 0.4) is 0 Å². The number of hydrogen-bond donors (Lipinski definition) is 0. The molecule has 0 aliphatic heterocycles. The molecule has 0 aromatic carbocycles. The predicted molar refractivity (Wildman–Crippen MR) is 45.4 cm³/mol. The third-order valence-electron chi connectivity index (χ3n) is 1.48. The SMILES string of the molecule is CC(=O)OCCCCCC[C]=O. The summed E-state index contributed by atoms with van der Waals surface area (Å²) in [5.41, 5.74) is 0. The van der Waals surface area contributed by atoms with Crippen LogP contribution >= 0.6 is 0 Å². The highest BCUT2D eigenvalue weighted by Gasteiger charge is 1.93. The van der Waals surface area contributed by atoms with Crippen molar-refractivity contribution in [2.24, 2.45) is 0 Å². The van der Waals surface area contributed by atoms with E-state index >= 15 is 0 Å². The molecule has 69 valence electrons. The number of rotatable bonds is 7. The highest BCUT2D eigenvalue weighted by Crippen LogP contribution is 2.01. The number of hydrogen-bond acceptors (Lipinski definition) is 3. The summed E-state index contributed by atoms with van der Waals surface area (Å²) < 4.78 is 4.73. The van der Waals surface area contributed by atoms with E-state index in [9.17, 15) is 9.59 Å². The first-order chi connectivity index (χ1) is 5.77. The van der Waals surface area contributed by atoms with Gasteiger partial charge in [0.2, 0.25) is 0 Å². The first-order valence-electron chi connectivity index (χ1n) is 4.25. The molecular weight excluding hydrogens is 156 g/mol. The lowest BCUT2D eigenvalue weighted by Gasteiger charge is -2.00. The standard InChI is InChI=1S/C9H15O3/c1-9(11)12-8-6-4-2-3-5-7-10/h2-6,8H2,1H3. The number of unbranched alkanes of at least 4 members (excludes halogenated alkanes) is 4. The second kappa shape index (κ2) is 8.24. The van der Waals surface area contributed by atoms with Crippen molar-refractivity contribution in [1.82, 2.24) is 0 Å². The first kappa shape index (κ1) is 11.1. The molecule has 0 aromatic heterocycles. The highest BCUT2D eigenvalue weighted by atomic mass is 16.5. The van der Waals surface area contributed by atoms with E-state index in [2.05, 4.69) is 0 Å². The van der Waals surface area contributed by atoms with Crippen LogP contribution in [0.25, 0.3) is 0 Å². The van der Waals surface area contributed by atoms with Gasteiger partial charge in [0, 0.05) is 13.3 Å². The molecule has 0 fully saturated rings. The Morgan fingerprint density at radius 1 is 1.25 bits per heavy atom.